The van der Waals surface area contributed by atoms with E-state index in [0.29, 0.717) is 0 Å². The van der Waals surface area contributed by atoms with Crippen molar-refractivity contribution in [3.63, 3.8) is 0 Å². The van der Waals surface area contributed by atoms with Crippen LogP contribution in [0.15, 0.2) is 52.4 Å². The molecule has 98 valence electrons. The molecule has 4 heteroatoms. The van der Waals surface area contributed by atoms with E-state index in [0.717, 1.165) is 19.6 Å². The molecular formula is C15H15BrN2S. The molecule has 0 fully saturated rings. The van der Waals surface area contributed by atoms with Gasteiger partial charge in [0, 0.05) is 46.1 Å². The summed E-state index contributed by atoms with van der Waals surface area (Å²) in [5.41, 5.74) is 1.31. The minimum Gasteiger partial charge on any atom is -0.346 e. The van der Waals surface area contributed by atoms with Crippen LogP contribution in [0, 0.1) is 0 Å². The van der Waals surface area contributed by atoms with Crippen molar-refractivity contribution in [3.05, 3.63) is 57.3 Å². The molecule has 1 aromatic carbocycles. The predicted molar refractivity (Wildman–Crippen MR) is 85.7 cm³/mol. The fourth-order valence-electron chi connectivity index (χ4n) is 2.19. The van der Waals surface area contributed by atoms with Crippen LogP contribution >= 0.6 is 27.3 Å². The molecule has 2 nitrogen and oxygen atoms in total. The summed E-state index contributed by atoms with van der Waals surface area (Å²) in [6.45, 7) is 2.92. The van der Waals surface area contributed by atoms with Crippen molar-refractivity contribution >= 4 is 38.2 Å². The van der Waals surface area contributed by atoms with E-state index >= 15 is 0 Å². The molecule has 3 rings (SSSR count). The summed E-state index contributed by atoms with van der Waals surface area (Å²) in [6.07, 6.45) is 2.16. The Balaban J connectivity index is 1.55. The van der Waals surface area contributed by atoms with Gasteiger partial charge in [-0.1, -0.05) is 18.2 Å². The van der Waals surface area contributed by atoms with Crippen molar-refractivity contribution in [2.24, 2.45) is 0 Å². The van der Waals surface area contributed by atoms with Gasteiger partial charge in [0.1, 0.15) is 0 Å². The summed E-state index contributed by atoms with van der Waals surface area (Å²) in [4.78, 5) is 1.37. The lowest BCUT2D eigenvalue weighted by Gasteiger charge is -2.06. The third-order valence-electron chi connectivity index (χ3n) is 3.13. The molecule has 0 unspecified atom stereocenters. The number of halogens is 1. The van der Waals surface area contributed by atoms with Gasteiger partial charge in [-0.3, -0.25) is 0 Å². The monoisotopic (exact) mass is 334 g/mol. The molecule has 0 spiro atoms. The number of aromatic nitrogens is 1. The molecule has 0 aliphatic carbocycles. The maximum absolute atomic E-state index is 3.49. The van der Waals surface area contributed by atoms with Crippen molar-refractivity contribution in [1.82, 2.24) is 9.88 Å². The molecule has 0 amide bonds. The molecule has 0 bridgehead atoms. The summed E-state index contributed by atoms with van der Waals surface area (Å²) >= 11 is 5.26. The van der Waals surface area contributed by atoms with E-state index in [1.165, 1.54) is 20.3 Å². The Labute approximate surface area is 125 Å². The Hall–Kier alpha value is -1.10. The zero-order chi connectivity index (χ0) is 13.1. The Kier molecular flexibility index (Phi) is 4.01. The van der Waals surface area contributed by atoms with Gasteiger partial charge in [0.2, 0.25) is 0 Å². The van der Waals surface area contributed by atoms with E-state index in [4.69, 9.17) is 0 Å². The Bertz CT molecular complexity index is 671. The summed E-state index contributed by atoms with van der Waals surface area (Å²) in [7, 11) is 0. The molecule has 0 aliphatic heterocycles. The van der Waals surface area contributed by atoms with Crippen LogP contribution in [0.1, 0.15) is 4.88 Å². The van der Waals surface area contributed by atoms with E-state index < -0.39 is 0 Å². The van der Waals surface area contributed by atoms with Crippen LogP contribution in [0.2, 0.25) is 0 Å². The van der Waals surface area contributed by atoms with E-state index in [1.54, 1.807) is 11.3 Å². The first kappa shape index (κ1) is 12.9. The third kappa shape index (κ3) is 3.08. The molecule has 2 heterocycles. The molecule has 0 aliphatic rings. The van der Waals surface area contributed by atoms with E-state index in [2.05, 4.69) is 73.8 Å². The highest BCUT2D eigenvalue weighted by atomic mass is 79.9. The van der Waals surface area contributed by atoms with Crippen LogP contribution in [0.5, 0.6) is 0 Å². The van der Waals surface area contributed by atoms with Gasteiger partial charge in [0.05, 0.1) is 0 Å². The molecule has 0 saturated heterocycles. The Morgan fingerprint density at radius 3 is 2.95 bits per heavy atom. The minimum atomic E-state index is 0.940. The van der Waals surface area contributed by atoms with Gasteiger partial charge in [-0.15, -0.1) is 11.3 Å². The summed E-state index contributed by atoms with van der Waals surface area (Å²) in [5.74, 6) is 0. The number of fused-ring (bicyclic) bond motifs is 1. The number of thiophene rings is 1. The smallest absolute Gasteiger partial charge is 0.0480 e. The Morgan fingerprint density at radius 1 is 1.21 bits per heavy atom. The average Bonchev–Trinajstić information content (AvgIpc) is 3.02. The van der Waals surface area contributed by atoms with Crippen LogP contribution in [0.4, 0.5) is 0 Å². The van der Waals surface area contributed by atoms with Crippen molar-refractivity contribution in [2.45, 2.75) is 13.1 Å². The Morgan fingerprint density at radius 2 is 2.11 bits per heavy atom. The highest BCUT2D eigenvalue weighted by molar-refractivity contribution is 9.10. The fraction of sp³-hybridized carbons (Fsp3) is 0.200. The van der Waals surface area contributed by atoms with Gasteiger partial charge in [-0.25, -0.2) is 0 Å². The van der Waals surface area contributed by atoms with Gasteiger partial charge >= 0.3 is 0 Å². The van der Waals surface area contributed by atoms with E-state index in [1.807, 2.05) is 0 Å². The largest absolute Gasteiger partial charge is 0.346 e. The lowest BCUT2D eigenvalue weighted by molar-refractivity contribution is 0.613. The first-order valence-corrected chi connectivity index (χ1v) is 7.98. The lowest BCUT2D eigenvalue weighted by atomic mass is 10.2. The second kappa shape index (κ2) is 5.90. The van der Waals surface area contributed by atoms with Crippen LogP contribution in [-0.2, 0) is 13.1 Å². The number of nitrogens with one attached hydrogen (secondary N) is 1. The fourth-order valence-corrected chi connectivity index (χ4v) is 3.61. The molecule has 0 saturated carbocycles. The average molecular weight is 335 g/mol. The molecule has 0 atom stereocenters. The molecule has 19 heavy (non-hydrogen) atoms. The molecule has 3 aromatic rings. The zero-order valence-corrected chi connectivity index (χ0v) is 12.9. The van der Waals surface area contributed by atoms with Crippen molar-refractivity contribution in [3.8, 4) is 0 Å². The van der Waals surface area contributed by atoms with Crippen molar-refractivity contribution in [2.75, 3.05) is 6.54 Å². The van der Waals surface area contributed by atoms with Gasteiger partial charge in [0.25, 0.3) is 0 Å². The maximum atomic E-state index is 3.49. The zero-order valence-electron chi connectivity index (χ0n) is 10.5. The van der Waals surface area contributed by atoms with Gasteiger partial charge in [0.15, 0.2) is 0 Å². The van der Waals surface area contributed by atoms with Crippen molar-refractivity contribution in [1.29, 1.82) is 0 Å². The van der Waals surface area contributed by atoms with Crippen LogP contribution in [0.25, 0.3) is 10.9 Å². The first-order chi connectivity index (χ1) is 9.33. The molecule has 1 N–H and O–H groups in total. The van der Waals surface area contributed by atoms with Crippen molar-refractivity contribution < 1.29 is 0 Å². The quantitative estimate of drug-likeness (QED) is 0.690. The summed E-state index contributed by atoms with van der Waals surface area (Å²) in [5, 5.41) is 6.92. The number of hydrogen-bond acceptors (Lipinski definition) is 2. The van der Waals surface area contributed by atoms with Crippen LogP contribution in [0.3, 0.4) is 0 Å². The van der Waals surface area contributed by atoms with Crippen LogP contribution in [-0.4, -0.2) is 11.1 Å². The normalized spacial score (nSPS) is 11.2. The standard InChI is InChI=1S/C15H15BrN2S/c16-13-9-14(19-11-13)10-17-6-8-18-7-5-12-3-1-2-4-15(12)18/h1-5,7,9,11,17H,6,8,10H2. The first-order valence-electron chi connectivity index (χ1n) is 6.30. The van der Waals surface area contributed by atoms with E-state index in [-0.39, 0.29) is 0 Å². The molecule has 0 radical (unpaired) electrons. The minimum absolute atomic E-state index is 0.940. The van der Waals surface area contributed by atoms with Gasteiger partial charge in [-0.05, 0) is 39.5 Å². The molecular weight excluding hydrogens is 320 g/mol. The highest BCUT2D eigenvalue weighted by Gasteiger charge is 2.00. The lowest BCUT2D eigenvalue weighted by Crippen LogP contribution is -2.18. The number of hydrogen-bond donors (Lipinski definition) is 1. The number of rotatable bonds is 5. The predicted octanol–water partition coefficient (Wildman–Crippen LogP) is 4.26. The summed E-state index contributed by atoms with van der Waals surface area (Å²) in [6, 6.07) is 12.8. The summed E-state index contributed by atoms with van der Waals surface area (Å²) < 4.78 is 3.47. The second-order valence-electron chi connectivity index (χ2n) is 4.48. The van der Waals surface area contributed by atoms with Crippen LogP contribution < -0.4 is 5.32 Å². The topological polar surface area (TPSA) is 17.0 Å². The second-order valence-corrected chi connectivity index (χ2v) is 6.39. The number of benzene rings is 1. The third-order valence-corrected chi connectivity index (χ3v) is 4.83. The molecule has 2 aromatic heterocycles. The maximum Gasteiger partial charge on any atom is 0.0480 e. The SMILES string of the molecule is Brc1csc(CNCCn2ccc3ccccc32)c1. The number of nitrogens with zero attached hydrogens (tertiary/aromatic N) is 1. The van der Waals surface area contributed by atoms with Gasteiger partial charge < -0.3 is 9.88 Å². The highest BCUT2D eigenvalue weighted by Crippen LogP contribution is 2.19. The van der Waals surface area contributed by atoms with Gasteiger partial charge in [-0.2, -0.15) is 0 Å². The van der Waals surface area contributed by atoms with E-state index in [9.17, 15) is 0 Å². The number of para-hydroxylation sites is 1.